The van der Waals surface area contributed by atoms with E-state index in [1.165, 1.54) is 0 Å². The maximum atomic E-state index is 12.3. The van der Waals surface area contributed by atoms with Crippen molar-refractivity contribution in [1.82, 2.24) is 0 Å². The Kier molecular flexibility index (Phi) is 8.14. The Morgan fingerprint density at radius 1 is 1.07 bits per heavy atom. The maximum Gasteiger partial charge on any atom is 0.347 e. The van der Waals surface area contributed by atoms with Crippen LogP contribution in [0.15, 0.2) is 48.5 Å². The molecular formula is C21H24ClNO4. The molecule has 6 heteroatoms. The van der Waals surface area contributed by atoms with Gasteiger partial charge in [-0.05, 0) is 49.7 Å². The number of carbonyl (C=O) groups excluding carboxylic acids is 2. The number of benzene rings is 2. The fourth-order valence-electron chi connectivity index (χ4n) is 2.34. The van der Waals surface area contributed by atoms with Crippen LogP contribution in [0.4, 0.5) is 5.69 Å². The summed E-state index contributed by atoms with van der Waals surface area (Å²) in [5.41, 5.74) is 1.00. The van der Waals surface area contributed by atoms with Crippen LogP contribution in [0.2, 0.25) is 5.02 Å². The first-order valence-electron chi connectivity index (χ1n) is 9.00. The first-order chi connectivity index (χ1) is 13.0. The number of ether oxygens (including phenoxy) is 2. The predicted molar refractivity (Wildman–Crippen MR) is 106 cm³/mol. The summed E-state index contributed by atoms with van der Waals surface area (Å²) < 4.78 is 10.8. The highest BCUT2D eigenvalue weighted by molar-refractivity contribution is 6.33. The Bertz CT molecular complexity index is 761. The van der Waals surface area contributed by atoms with Gasteiger partial charge in [-0.25, -0.2) is 4.79 Å². The standard InChI is InChI=1S/C21H24ClNO4/c1-3-4-7-14-26-21(25)15(2)27-17-12-10-16(11-13-17)20(24)23-19-9-6-5-8-18(19)22/h5-6,8-13,15H,3-4,7,14H2,1-2H3,(H,23,24)/t15-/m0/s1. The van der Waals surface area contributed by atoms with Crippen LogP contribution in [0.3, 0.4) is 0 Å². The average Bonchev–Trinajstić information content (AvgIpc) is 2.67. The third kappa shape index (κ3) is 6.61. The lowest BCUT2D eigenvalue weighted by atomic mass is 10.2. The highest BCUT2D eigenvalue weighted by Gasteiger charge is 2.16. The van der Waals surface area contributed by atoms with Gasteiger partial charge in [0, 0.05) is 5.56 Å². The number of carbonyl (C=O) groups is 2. The first-order valence-corrected chi connectivity index (χ1v) is 9.38. The molecule has 5 nitrogen and oxygen atoms in total. The van der Waals surface area contributed by atoms with Crippen molar-refractivity contribution in [2.45, 2.75) is 39.2 Å². The van der Waals surface area contributed by atoms with E-state index in [-0.39, 0.29) is 5.91 Å². The monoisotopic (exact) mass is 389 g/mol. The molecule has 1 atom stereocenters. The molecule has 0 aliphatic heterocycles. The number of amides is 1. The number of rotatable bonds is 9. The largest absolute Gasteiger partial charge is 0.479 e. The molecule has 144 valence electrons. The zero-order valence-electron chi connectivity index (χ0n) is 15.5. The minimum Gasteiger partial charge on any atom is -0.479 e. The van der Waals surface area contributed by atoms with Gasteiger partial charge in [0.1, 0.15) is 5.75 Å². The van der Waals surface area contributed by atoms with Crippen LogP contribution < -0.4 is 10.1 Å². The fraction of sp³-hybridized carbons (Fsp3) is 0.333. The van der Waals surface area contributed by atoms with Crippen LogP contribution in [0.1, 0.15) is 43.5 Å². The second-order valence-electron chi connectivity index (χ2n) is 6.09. The number of hydrogen-bond acceptors (Lipinski definition) is 4. The molecule has 0 aromatic heterocycles. The minimum absolute atomic E-state index is 0.280. The highest BCUT2D eigenvalue weighted by atomic mass is 35.5. The van der Waals surface area contributed by atoms with Gasteiger partial charge < -0.3 is 14.8 Å². The molecule has 0 bridgehead atoms. The van der Waals surface area contributed by atoms with Crippen LogP contribution in [0.25, 0.3) is 0 Å². The number of nitrogens with one attached hydrogen (secondary N) is 1. The molecule has 0 saturated heterocycles. The van der Waals surface area contributed by atoms with Crippen LogP contribution >= 0.6 is 11.6 Å². The predicted octanol–water partition coefficient (Wildman–Crippen LogP) is 5.09. The zero-order valence-corrected chi connectivity index (χ0v) is 16.3. The number of hydrogen-bond donors (Lipinski definition) is 1. The smallest absolute Gasteiger partial charge is 0.347 e. The van der Waals surface area contributed by atoms with Crippen molar-refractivity contribution in [3.05, 3.63) is 59.1 Å². The van der Waals surface area contributed by atoms with Crippen LogP contribution in [-0.2, 0) is 9.53 Å². The van der Waals surface area contributed by atoms with E-state index >= 15 is 0 Å². The summed E-state index contributed by atoms with van der Waals surface area (Å²) in [5.74, 6) is -0.188. The number of esters is 1. The summed E-state index contributed by atoms with van der Waals surface area (Å²) in [6, 6.07) is 13.6. The molecule has 27 heavy (non-hydrogen) atoms. The third-order valence-electron chi connectivity index (χ3n) is 3.88. The van der Waals surface area contributed by atoms with Gasteiger partial charge in [-0.2, -0.15) is 0 Å². The van der Waals surface area contributed by atoms with E-state index in [9.17, 15) is 9.59 Å². The van der Waals surface area contributed by atoms with Crippen molar-refractivity contribution in [3.63, 3.8) is 0 Å². The number of unbranched alkanes of at least 4 members (excludes halogenated alkanes) is 2. The average molecular weight is 390 g/mol. The van der Waals surface area contributed by atoms with Crippen LogP contribution in [0, 0.1) is 0 Å². The molecule has 0 spiro atoms. The minimum atomic E-state index is -0.713. The summed E-state index contributed by atoms with van der Waals surface area (Å²) >= 11 is 6.04. The van der Waals surface area contributed by atoms with E-state index in [4.69, 9.17) is 21.1 Å². The Morgan fingerprint density at radius 3 is 2.44 bits per heavy atom. The second-order valence-corrected chi connectivity index (χ2v) is 6.50. The van der Waals surface area contributed by atoms with Crippen molar-refractivity contribution in [3.8, 4) is 5.75 Å². The lowest BCUT2D eigenvalue weighted by Crippen LogP contribution is -2.26. The first kappa shape index (κ1) is 20.8. The SMILES string of the molecule is CCCCCOC(=O)[C@H](C)Oc1ccc(C(=O)Nc2ccccc2Cl)cc1. The quantitative estimate of drug-likeness (QED) is 0.479. The molecule has 0 fully saturated rings. The normalized spacial score (nSPS) is 11.5. The van der Waals surface area contributed by atoms with Crippen molar-refractivity contribution in [2.24, 2.45) is 0 Å². The van der Waals surface area contributed by atoms with Gasteiger partial charge >= 0.3 is 5.97 Å². The molecule has 0 unspecified atom stereocenters. The topological polar surface area (TPSA) is 64.6 Å². The molecule has 0 aliphatic rings. The van der Waals surface area contributed by atoms with Gasteiger partial charge in [0.15, 0.2) is 6.10 Å². The lowest BCUT2D eigenvalue weighted by Gasteiger charge is -2.14. The van der Waals surface area contributed by atoms with Gasteiger partial charge in [-0.1, -0.05) is 43.5 Å². The van der Waals surface area contributed by atoms with Gasteiger partial charge in [-0.15, -0.1) is 0 Å². The van der Waals surface area contributed by atoms with Crippen molar-refractivity contribution in [2.75, 3.05) is 11.9 Å². The van der Waals surface area contributed by atoms with Gasteiger partial charge in [-0.3, -0.25) is 4.79 Å². The molecule has 0 radical (unpaired) electrons. The molecule has 2 aromatic rings. The molecule has 0 aliphatic carbocycles. The maximum absolute atomic E-state index is 12.3. The van der Waals surface area contributed by atoms with E-state index in [2.05, 4.69) is 12.2 Å². The molecule has 2 rings (SSSR count). The van der Waals surface area contributed by atoms with Crippen LogP contribution in [-0.4, -0.2) is 24.6 Å². The molecular weight excluding hydrogens is 366 g/mol. The summed E-state index contributed by atoms with van der Waals surface area (Å²) in [7, 11) is 0. The Labute approximate surface area is 164 Å². The molecule has 2 aromatic carbocycles. The van der Waals surface area contributed by atoms with E-state index < -0.39 is 12.1 Å². The van der Waals surface area contributed by atoms with E-state index in [1.54, 1.807) is 55.5 Å². The fourth-order valence-corrected chi connectivity index (χ4v) is 2.52. The zero-order chi connectivity index (χ0) is 19.6. The Hall–Kier alpha value is -2.53. The van der Waals surface area contributed by atoms with E-state index in [0.29, 0.717) is 28.6 Å². The number of halogens is 1. The van der Waals surface area contributed by atoms with E-state index in [1.807, 2.05) is 0 Å². The second kappa shape index (κ2) is 10.6. The Balaban J connectivity index is 1.88. The summed E-state index contributed by atoms with van der Waals surface area (Å²) in [4.78, 5) is 24.2. The lowest BCUT2D eigenvalue weighted by molar-refractivity contribution is -0.151. The van der Waals surface area contributed by atoms with Crippen molar-refractivity contribution < 1.29 is 19.1 Å². The van der Waals surface area contributed by atoms with E-state index in [0.717, 1.165) is 19.3 Å². The Morgan fingerprint density at radius 2 is 1.78 bits per heavy atom. The van der Waals surface area contributed by atoms with Crippen LogP contribution in [0.5, 0.6) is 5.75 Å². The summed E-state index contributed by atoms with van der Waals surface area (Å²) in [6.45, 7) is 4.13. The third-order valence-corrected chi connectivity index (χ3v) is 4.21. The summed E-state index contributed by atoms with van der Waals surface area (Å²) in [6.07, 6.45) is 2.24. The summed E-state index contributed by atoms with van der Waals surface area (Å²) in [5, 5.41) is 3.22. The number of anilines is 1. The molecule has 1 N–H and O–H groups in total. The highest BCUT2D eigenvalue weighted by Crippen LogP contribution is 2.22. The number of para-hydroxylation sites is 1. The van der Waals surface area contributed by atoms with Gasteiger partial charge in [0.2, 0.25) is 0 Å². The van der Waals surface area contributed by atoms with Gasteiger partial charge in [0.05, 0.1) is 17.3 Å². The molecule has 0 saturated carbocycles. The molecule has 0 heterocycles. The van der Waals surface area contributed by atoms with Crippen molar-refractivity contribution >= 4 is 29.2 Å². The van der Waals surface area contributed by atoms with Crippen molar-refractivity contribution in [1.29, 1.82) is 0 Å². The van der Waals surface area contributed by atoms with Gasteiger partial charge in [0.25, 0.3) is 5.91 Å². The molecule has 1 amide bonds.